The van der Waals surface area contributed by atoms with Gasteiger partial charge in [0.25, 0.3) is 5.89 Å². The fourth-order valence-corrected chi connectivity index (χ4v) is 1.69. The van der Waals surface area contributed by atoms with Gasteiger partial charge in [0.2, 0.25) is 0 Å². The molecule has 1 aromatic heterocycles. The van der Waals surface area contributed by atoms with Gasteiger partial charge in [-0.05, 0) is 23.6 Å². The van der Waals surface area contributed by atoms with Crippen LogP contribution in [0.3, 0.4) is 0 Å². The molecule has 2 N–H and O–H groups in total. The molecular formula is C13H15ClFN3O. The van der Waals surface area contributed by atoms with Crippen LogP contribution in [-0.2, 0) is 0 Å². The van der Waals surface area contributed by atoms with Crippen LogP contribution in [0, 0.1) is 11.2 Å². The highest BCUT2D eigenvalue weighted by atomic mass is 35.5. The number of benzene rings is 1. The molecule has 0 aliphatic rings. The van der Waals surface area contributed by atoms with Gasteiger partial charge in [0.05, 0.1) is 11.6 Å². The van der Waals surface area contributed by atoms with Crippen LogP contribution in [0.2, 0.25) is 5.02 Å². The summed E-state index contributed by atoms with van der Waals surface area (Å²) in [5.74, 6) is -0.0412. The Kier molecular flexibility index (Phi) is 3.60. The Morgan fingerprint density at radius 3 is 2.68 bits per heavy atom. The molecule has 0 amide bonds. The number of nitrogens with zero attached hydrogens (tertiary/aromatic N) is 2. The molecule has 1 unspecified atom stereocenters. The Balaban J connectivity index is 2.39. The first-order chi connectivity index (χ1) is 8.79. The molecule has 0 radical (unpaired) electrons. The number of rotatable bonds is 2. The average Bonchev–Trinajstić information content (AvgIpc) is 2.79. The molecular weight excluding hydrogens is 269 g/mol. The third-order valence-corrected chi connectivity index (χ3v) is 3.05. The zero-order valence-corrected chi connectivity index (χ0v) is 11.7. The van der Waals surface area contributed by atoms with Crippen molar-refractivity contribution in [2.45, 2.75) is 26.8 Å². The van der Waals surface area contributed by atoms with E-state index in [0.717, 1.165) is 0 Å². The van der Waals surface area contributed by atoms with Gasteiger partial charge >= 0.3 is 0 Å². The maximum atomic E-state index is 13.7. The highest BCUT2D eigenvalue weighted by molar-refractivity contribution is 6.30. The molecule has 2 aromatic rings. The molecule has 0 fully saturated rings. The van der Waals surface area contributed by atoms with Crippen LogP contribution in [0.5, 0.6) is 0 Å². The molecule has 0 aliphatic heterocycles. The van der Waals surface area contributed by atoms with E-state index in [1.807, 2.05) is 20.8 Å². The van der Waals surface area contributed by atoms with Gasteiger partial charge in [-0.25, -0.2) is 4.39 Å². The maximum absolute atomic E-state index is 13.7. The number of aromatic nitrogens is 2. The van der Waals surface area contributed by atoms with Gasteiger partial charge in [0.1, 0.15) is 5.82 Å². The zero-order chi connectivity index (χ0) is 14.2. The van der Waals surface area contributed by atoms with E-state index in [9.17, 15) is 4.39 Å². The fourth-order valence-electron chi connectivity index (χ4n) is 1.52. The summed E-state index contributed by atoms with van der Waals surface area (Å²) in [5, 5.41) is 4.21. The molecule has 4 nitrogen and oxygen atoms in total. The summed E-state index contributed by atoms with van der Waals surface area (Å²) in [5.41, 5.74) is 5.99. The lowest BCUT2D eigenvalue weighted by Crippen LogP contribution is -2.27. The van der Waals surface area contributed by atoms with E-state index in [1.54, 1.807) is 0 Å². The van der Waals surface area contributed by atoms with Crippen molar-refractivity contribution in [2.75, 3.05) is 0 Å². The second-order valence-corrected chi connectivity index (χ2v) is 5.86. The second kappa shape index (κ2) is 4.90. The summed E-state index contributed by atoms with van der Waals surface area (Å²) in [6.45, 7) is 5.90. The number of halogens is 2. The summed E-state index contributed by atoms with van der Waals surface area (Å²) in [4.78, 5) is 4.15. The third kappa shape index (κ3) is 2.93. The monoisotopic (exact) mass is 283 g/mol. The number of hydrogen-bond donors (Lipinski definition) is 1. The van der Waals surface area contributed by atoms with Crippen LogP contribution in [0.15, 0.2) is 22.7 Å². The number of nitrogens with two attached hydrogens (primary N) is 1. The van der Waals surface area contributed by atoms with E-state index in [2.05, 4.69) is 10.1 Å². The van der Waals surface area contributed by atoms with Crippen molar-refractivity contribution in [2.24, 2.45) is 11.1 Å². The van der Waals surface area contributed by atoms with E-state index in [1.165, 1.54) is 18.2 Å². The van der Waals surface area contributed by atoms with Gasteiger partial charge in [-0.15, -0.1) is 0 Å². The van der Waals surface area contributed by atoms with Crippen molar-refractivity contribution < 1.29 is 8.91 Å². The van der Waals surface area contributed by atoms with E-state index < -0.39 is 11.9 Å². The Hall–Kier alpha value is -1.46. The maximum Gasteiger partial charge on any atom is 0.261 e. The van der Waals surface area contributed by atoms with Gasteiger partial charge in [0.15, 0.2) is 5.82 Å². The molecule has 1 atom stereocenters. The molecule has 0 spiro atoms. The van der Waals surface area contributed by atoms with Gasteiger partial charge in [-0.2, -0.15) is 4.98 Å². The smallest absolute Gasteiger partial charge is 0.261 e. The summed E-state index contributed by atoms with van der Waals surface area (Å²) in [6, 6.07) is 3.76. The SMILES string of the molecule is CC(C)(C)C(N)c1noc(-c2cc(Cl)ccc2F)n1. The Labute approximate surface area is 115 Å². The first kappa shape index (κ1) is 14.0. The second-order valence-electron chi connectivity index (χ2n) is 5.43. The molecule has 0 aliphatic carbocycles. The largest absolute Gasteiger partial charge is 0.334 e. The minimum Gasteiger partial charge on any atom is -0.334 e. The van der Waals surface area contributed by atoms with Crippen LogP contribution in [0.4, 0.5) is 4.39 Å². The van der Waals surface area contributed by atoms with E-state index in [-0.39, 0.29) is 16.9 Å². The Bertz CT molecular complexity index is 592. The molecule has 102 valence electrons. The normalized spacial score (nSPS) is 13.6. The molecule has 0 bridgehead atoms. The highest BCUT2D eigenvalue weighted by Crippen LogP contribution is 2.31. The molecule has 0 saturated carbocycles. The lowest BCUT2D eigenvalue weighted by Gasteiger charge is -2.23. The average molecular weight is 284 g/mol. The molecule has 6 heteroatoms. The van der Waals surface area contributed by atoms with Crippen LogP contribution in [-0.4, -0.2) is 10.1 Å². The van der Waals surface area contributed by atoms with Crippen molar-refractivity contribution in [1.82, 2.24) is 10.1 Å². The van der Waals surface area contributed by atoms with Gasteiger partial charge in [-0.1, -0.05) is 37.5 Å². The van der Waals surface area contributed by atoms with Crippen LogP contribution < -0.4 is 5.73 Å². The quantitative estimate of drug-likeness (QED) is 0.915. The van der Waals surface area contributed by atoms with E-state index in [0.29, 0.717) is 10.8 Å². The minimum atomic E-state index is -0.469. The van der Waals surface area contributed by atoms with Crippen molar-refractivity contribution >= 4 is 11.6 Å². The summed E-state index contributed by atoms with van der Waals surface area (Å²) in [6.07, 6.45) is 0. The van der Waals surface area contributed by atoms with E-state index in [4.69, 9.17) is 21.9 Å². The zero-order valence-electron chi connectivity index (χ0n) is 10.9. The first-order valence-corrected chi connectivity index (χ1v) is 6.21. The number of hydrogen-bond acceptors (Lipinski definition) is 4. The van der Waals surface area contributed by atoms with Gasteiger partial charge in [-0.3, -0.25) is 0 Å². The summed E-state index contributed by atoms with van der Waals surface area (Å²) in [7, 11) is 0. The van der Waals surface area contributed by atoms with Crippen molar-refractivity contribution in [3.8, 4) is 11.5 Å². The first-order valence-electron chi connectivity index (χ1n) is 5.83. The predicted molar refractivity (Wildman–Crippen MR) is 71.1 cm³/mol. The fraction of sp³-hybridized carbons (Fsp3) is 0.385. The summed E-state index contributed by atoms with van der Waals surface area (Å²) < 4.78 is 18.7. The molecule has 19 heavy (non-hydrogen) atoms. The predicted octanol–water partition coefficient (Wildman–Crippen LogP) is 3.58. The Morgan fingerprint density at radius 2 is 2.05 bits per heavy atom. The third-order valence-electron chi connectivity index (χ3n) is 2.81. The standard InChI is InChI=1S/C13H15ClFN3O/c1-13(2,3)10(16)11-17-12(19-18-11)8-6-7(14)4-5-9(8)15/h4-6,10H,16H2,1-3H3. The molecule has 1 heterocycles. The van der Waals surface area contributed by atoms with Gasteiger partial charge in [0, 0.05) is 5.02 Å². The van der Waals surface area contributed by atoms with Crippen LogP contribution in [0.1, 0.15) is 32.6 Å². The van der Waals surface area contributed by atoms with Crippen molar-refractivity contribution in [1.29, 1.82) is 0 Å². The topological polar surface area (TPSA) is 64.9 Å². The highest BCUT2D eigenvalue weighted by Gasteiger charge is 2.27. The van der Waals surface area contributed by atoms with Crippen LogP contribution in [0.25, 0.3) is 11.5 Å². The van der Waals surface area contributed by atoms with Crippen LogP contribution >= 0.6 is 11.6 Å². The lowest BCUT2D eigenvalue weighted by molar-refractivity contribution is 0.303. The van der Waals surface area contributed by atoms with E-state index >= 15 is 0 Å². The molecule has 1 aromatic carbocycles. The Morgan fingerprint density at radius 1 is 1.37 bits per heavy atom. The van der Waals surface area contributed by atoms with Gasteiger partial charge < -0.3 is 10.3 Å². The van der Waals surface area contributed by atoms with Crippen molar-refractivity contribution in [3.05, 3.63) is 34.9 Å². The minimum absolute atomic E-state index is 0.0784. The molecule has 0 saturated heterocycles. The lowest BCUT2D eigenvalue weighted by atomic mass is 9.87. The molecule has 2 rings (SSSR count). The summed E-state index contributed by atoms with van der Waals surface area (Å²) >= 11 is 5.83. The van der Waals surface area contributed by atoms with Crippen molar-refractivity contribution in [3.63, 3.8) is 0 Å².